The van der Waals surface area contributed by atoms with Crippen LogP contribution >= 0.6 is 0 Å². The number of rotatable bonds is 3. The Morgan fingerprint density at radius 3 is 2.31 bits per heavy atom. The van der Waals surface area contributed by atoms with Crippen molar-refractivity contribution in [1.29, 1.82) is 10.5 Å². The number of anilines is 1. The number of nitrogens with zero attached hydrogens (tertiary/aromatic N) is 3. The molecule has 0 spiro atoms. The number of carbonyl (C=O) groups excluding carboxylic acids is 1. The fourth-order valence-electron chi connectivity index (χ4n) is 5.30. The number of ketones is 1. The SMILES string of the molecule is N#CC1(C#N)C(c2cccc(C(F)(F)F)c2)C(C(=O)c2ccc(F)cc2)N2c3ccccc3C=CC21. The lowest BCUT2D eigenvalue weighted by atomic mass is 9.69. The van der Waals surface area contributed by atoms with Gasteiger partial charge in [0.1, 0.15) is 11.9 Å². The number of hydrogen-bond acceptors (Lipinski definition) is 4. The summed E-state index contributed by atoms with van der Waals surface area (Å²) in [6.07, 6.45) is -1.27. The fraction of sp³-hybridized carbons (Fsp3) is 0.179. The molecule has 36 heavy (non-hydrogen) atoms. The summed E-state index contributed by atoms with van der Waals surface area (Å²) < 4.78 is 54.4. The minimum atomic E-state index is -4.66. The van der Waals surface area contributed by atoms with Crippen LogP contribution in [0.5, 0.6) is 0 Å². The molecule has 178 valence electrons. The molecular formula is C28H17F4N3O. The van der Waals surface area contributed by atoms with Gasteiger partial charge in [-0.2, -0.15) is 23.7 Å². The van der Waals surface area contributed by atoms with Gasteiger partial charge in [-0.25, -0.2) is 4.39 Å². The van der Waals surface area contributed by atoms with E-state index in [9.17, 15) is 32.9 Å². The number of para-hydroxylation sites is 1. The molecule has 0 aromatic heterocycles. The lowest BCUT2D eigenvalue weighted by molar-refractivity contribution is -0.137. The number of nitriles is 2. The van der Waals surface area contributed by atoms with Gasteiger partial charge in [-0.15, -0.1) is 0 Å². The Kier molecular flexibility index (Phi) is 5.41. The van der Waals surface area contributed by atoms with Crippen molar-refractivity contribution in [3.8, 4) is 12.1 Å². The predicted molar refractivity (Wildman–Crippen MR) is 124 cm³/mol. The van der Waals surface area contributed by atoms with Crippen molar-refractivity contribution in [2.24, 2.45) is 5.41 Å². The van der Waals surface area contributed by atoms with Gasteiger partial charge in [-0.05, 0) is 47.5 Å². The number of hydrogen-bond donors (Lipinski definition) is 0. The average Bonchev–Trinajstić information content (AvgIpc) is 3.19. The van der Waals surface area contributed by atoms with E-state index >= 15 is 0 Å². The van der Waals surface area contributed by atoms with E-state index in [2.05, 4.69) is 12.1 Å². The molecule has 0 saturated carbocycles. The van der Waals surface area contributed by atoms with E-state index in [1.54, 1.807) is 41.3 Å². The quantitative estimate of drug-likeness (QED) is 0.329. The predicted octanol–water partition coefficient (Wildman–Crippen LogP) is 6.13. The molecule has 0 amide bonds. The average molecular weight is 487 g/mol. The third-order valence-corrected chi connectivity index (χ3v) is 6.89. The molecule has 3 aromatic carbocycles. The first-order valence-electron chi connectivity index (χ1n) is 11.1. The van der Waals surface area contributed by atoms with Crippen molar-refractivity contribution in [1.82, 2.24) is 0 Å². The van der Waals surface area contributed by atoms with Gasteiger partial charge in [0.25, 0.3) is 0 Å². The molecule has 0 aliphatic carbocycles. The highest BCUT2D eigenvalue weighted by atomic mass is 19.4. The molecule has 0 bridgehead atoms. The number of halogens is 4. The summed E-state index contributed by atoms with van der Waals surface area (Å²) in [5.41, 5.74) is -1.34. The molecule has 2 heterocycles. The second-order valence-corrected chi connectivity index (χ2v) is 8.78. The van der Waals surface area contributed by atoms with Crippen LogP contribution in [0.4, 0.5) is 23.2 Å². The van der Waals surface area contributed by atoms with E-state index in [0.717, 1.165) is 29.8 Å². The van der Waals surface area contributed by atoms with Gasteiger partial charge in [0, 0.05) is 17.2 Å². The maximum atomic E-state index is 14.0. The first-order valence-corrected chi connectivity index (χ1v) is 11.1. The second kappa shape index (κ2) is 8.35. The Morgan fingerprint density at radius 2 is 1.64 bits per heavy atom. The second-order valence-electron chi connectivity index (χ2n) is 8.78. The van der Waals surface area contributed by atoms with Gasteiger partial charge < -0.3 is 4.90 Å². The minimum absolute atomic E-state index is 0.0497. The highest BCUT2D eigenvalue weighted by Gasteiger charge is 2.63. The van der Waals surface area contributed by atoms with Crippen LogP contribution in [-0.4, -0.2) is 17.9 Å². The smallest absolute Gasteiger partial charge is 0.351 e. The van der Waals surface area contributed by atoms with Crippen LogP contribution in [0, 0.1) is 33.9 Å². The molecule has 2 aliphatic rings. The lowest BCUT2D eigenvalue weighted by Gasteiger charge is -2.35. The minimum Gasteiger partial charge on any atom is -0.351 e. The van der Waals surface area contributed by atoms with Gasteiger partial charge >= 0.3 is 6.18 Å². The molecule has 1 fully saturated rings. The Balaban J connectivity index is 1.79. The summed E-state index contributed by atoms with van der Waals surface area (Å²) in [4.78, 5) is 15.6. The Labute approximate surface area is 204 Å². The maximum Gasteiger partial charge on any atom is 0.416 e. The Hall–Kier alpha value is -4.43. The first kappa shape index (κ1) is 23.3. The fourth-order valence-corrected chi connectivity index (χ4v) is 5.30. The van der Waals surface area contributed by atoms with Crippen LogP contribution < -0.4 is 4.90 Å². The third-order valence-electron chi connectivity index (χ3n) is 6.89. The monoisotopic (exact) mass is 487 g/mol. The van der Waals surface area contributed by atoms with Gasteiger partial charge in [-0.1, -0.05) is 48.6 Å². The molecule has 4 nitrogen and oxygen atoms in total. The van der Waals surface area contributed by atoms with Crippen LogP contribution in [0.15, 0.2) is 78.9 Å². The van der Waals surface area contributed by atoms with Crippen molar-refractivity contribution in [2.45, 2.75) is 24.2 Å². The molecule has 2 aliphatic heterocycles. The van der Waals surface area contributed by atoms with E-state index in [4.69, 9.17) is 0 Å². The Morgan fingerprint density at radius 1 is 0.944 bits per heavy atom. The maximum absolute atomic E-state index is 14.0. The molecule has 8 heteroatoms. The summed E-state index contributed by atoms with van der Waals surface area (Å²) in [5, 5.41) is 20.7. The van der Waals surface area contributed by atoms with E-state index in [1.807, 2.05) is 0 Å². The van der Waals surface area contributed by atoms with Gasteiger partial charge in [-0.3, -0.25) is 4.79 Å². The summed E-state index contributed by atoms with van der Waals surface area (Å²) in [6.45, 7) is 0. The first-order chi connectivity index (χ1) is 17.2. The topological polar surface area (TPSA) is 67.9 Å². The molecule has 3 aromatic rings. The van der Waals surface area contributed by atoms with E-state index in [1.165, 1.54) is 24.3 Å². The van der Waals surface area contributed by atoms with Crippen molar-refractivity contribution in [3.05, 3.63) is 107 Å². The van der Waals surface area contributed by atoms with Crippen molar-refractivity contribution < 1.29 is 22.4 Å². The Bertz CT molecular complexity index is 1450. The summed E-state index contributed by atoms with van der Waals surface area (Å²) in [7, 11) is 0. The number of carbonyl (C=O) groups is 1. The number of benzene rings is 3. The van der Waals surface area contributed by atoms with Crippen molar-refractivity contribution >= 4 is 17.5 Å². The van der Waals surface area contributed by atoms with Gasteiger partial charge in [0.2, 0.25) is 0 Å². The largest absolute Gasteiger partial charge is 0.416 e. The van der Waals surface area contributed by atoms with E-state index in [-0.39, 0.29) is 11.1 Å². The zero-order valence-corrected chi connectivity index (χ0v) is 18.6. The molecule has 1 saturated heterocycles. The third kappa shape index (κ3) is 3.46. The highest BCUT2D eigenvalue weighted by molar-refractivity contribution is 6.04. The van der Waals surface area contributed by atoms with Crippen molar-refractivity contribution in [3.63, 3.8) is 0 Å². The van der Waals surface area contributed by atoms with Crippen LogP contribution in [-0.2, 0) is 6.18 Å². The molecule has 0 N–H and O–H groups in total. The van der Waals surface area contributed by atoms with Crippen molar-refractivity contribution in [2.75, 3.05) is 4.90 Å². The van der Waals surface area contributed by atoms with Crippen LogP contribution in [0.1, 0.15) is 33.0 Å². The highest BCUT2D eigenvalue weighted by Crippen LogP contribution is 2.55. The molecule has 3 unspecified atom stereocenters. The molecule has 0 radical (unpaired) electrons. The number of fused-ring (bicyclic) bond motifs is 3. The van der Waals surface area contributed by atoms with Crippen LogP contribution in [0.3, 0.4) is 0 Å². The summed E-state index contributed by atoms with van der Waals surface area (Å²) in [5.74, 6) is -2.31. The molecule has 5 rings (SSSR count). The number of Topliss-reactive ketones (excluding diaryl/α,β-unsaturated/α-hetero) is 1. The summed E-state index contributed by atoms with van der Waals surface area (Å²) >= 11 is 0. The standard InChI is InChI=1S/C28H17F4N3O/c29-21-11-8-18(9-12-21)26(36)25-24(19-5-3-6-20(14-19)28(30,31)32)27(15-33,16-34)23-13-10-17-4-1-2-7-22(17)35(23)25/h1-14,23-25H. The molecule has 3 atom stereocenters. The van der Waals surface area contributed by atoms with E-state index in [0.29, 0.717) is 5.69 Å². The van der Waals surface area contributed by atoms with Crippen LogP contribution in [0.2, 0.25) is 0 Å². The zero-order chi connectivity index (χ0) is 25.7. The van der Waals surface area contributed by atoms with Gasteiger partial charge in [0.05, 0.1) is 23.7 Å². The summed E-state index contributed by atoms with van der Waals surface area (Å²) in [6, 6.07) is 18.3. The van der Waals surface area contributed by atoms with E-state index < -0.39 is 46.8 Å². The number of alkyl halides is 3. The molecular weight excluding hydrogens is 470 g/mol. The zero-order valence-electron chi connectivity index (χ0n) is 18.6. The normalized spacial score (nSPS) is 21.7. The van der Waals surface area contributed by atoms with Crippen LogP contribution in [0.25, 0.3) is 6.08 Å². The van der Waals surface area contributed by atoms with Gasteiger partial charge in [0.15, 0.2) is 11.2 Å². The lowest BCUT2D eigenvalue weighted by Crippen LogP contribution is -2.44.